The minimum Gasteiger partial charge on any atom is -0.488 e. The lowest BCUT2D eigenvalue weighted by Crippen LogP contribution is -2.42. The number of morpholine rings is 1. The van der Waals surface area contributed by atoms with Gasteiger partial charge in [-0.2, -0.15) is 0 Å². The summed E-state index contributed by atoms with van der Waals surface area (Å²) in [5.74, 6) is -0.0216. The molecule has 0 spiro atoms. The van der Waals surface area contributed by atoms with Crippen molar-refractivity contribution in [2.45, 2.75) is 19.6 Å². The SMILES string of the molecule is CCNCc1ccc(OCC2CN(C)CCO2)c(F)c1. The number of rotatable bonds is 6. The van der Waals surface area contributed by atoms with Gasteiger partial charge in [0.25, 0.3) is 0 Å². The highest BCUT2D eigenvalue weighted by Crippen LogP contribution is 2.19. The van der Waals surface area contributed by atoms with Crippen molar-refractivity contribution in [1.82, 2.24) is 10.2 Å². The van der Waals surface area contributed by atoms with E-state index in [9.17, 15) is 4.39 Å². The summed E-state index contributed by atoms with van der Waals surface area (Å²) in [6, 6.07) is 5.09. The Hall–Kier alpha value is -1.17. The van der Waals surface area contributed by atoms with E-state index in [1.807, 2.05) is 20.0 Å². The van der Waals surface area contributed by atoms with Gasteiger partial charge >= 0.3 is 0 Å². The molecule has 1 aliphatic heterocycles. The normalized spacial score (nSPS) is 20.1. The molecule has 1 aliphatic rings. The molecule has 1 N–H and O–H groups in total. The zero-order valence-electron chi connectivity index (χ0n) is 12.2. The highest BCUT2D eigenvalue weighted by Gasteiger charge is 2.18. The summed E-state index contributed by atoms with van der Waals surface area (Å²) in [4.78, 5) is 2.19. The van der Waals surface area contributed by atoms with Gasteiger partial charge in [0.05, 0.1) is 6.61 Å². The summed E-state index contributed by atoms with van der Waals surface area (Å²) in [6.07, 6.45) is 0.00887. The molecule has 0 amide bonds. The van der Waals surface area contributed by atoms with Crippen LogP contribution in [0.2, 0.25) is 0 Å². The second-order valence-corrected chi connectivity index (χ2v) is 5.11. The molecule has 112 valence electrons. The third kappa shape index (κ3) is 4.44. The first-order chi connectivity index (χ1) is 9.69. The minimum atomic E-state index is -0.315. The molecular weight excluding hydrogens is 259 g/mol. The number of hydrogen-bond acceptors (Lipinski definition) is 4. The van der Waals surface area contributed by atoms with Crippen molar-refractivity contribution >= 4 is 0 Å². The van der Waals surface area contributed by atoms with Crippen LogP contribution in [0, 0.1) is 5.82 Å². The number of nitrogens with one attached hydrogen (secondary N) is 1. The molecular formula is C15H23FN2O2. The molecule has 0 bridgehead atoms. The van der Waals surface area contributed by atoms with E-state index in [-0.39, 0.29) is 11.9 Å². The molecule has 20 heavy (non-hydrogen) atoms. The Balaban J connectivity index is 1.86. The van der Waals surface area contributed by atoms with E-state index < -0.39 is 0 Å². The minimum absolute atomic E-state index is 0.00887. The lowest BCUT2D eigenvalue weighted by atomic mass is 10.2. The lowest BCUT2D eigenvalue weighted by molar-refractivity contribution is -0.0408. The Morgan fingerprint density at radius 1 is 1.50 bits per heavy atom. The molecule has 4 nitrogen and oxygen atoms in total. The fraction of sp³-hybridized carbons (Fsp3) is 0.600. The topological polar surface area (TPSA) is 33.7 Å². The molecule has 1 saturated heterocycles. The molecule has 0 saturated carbocycles. The standard InChI is InChI=1S/C15H23FN2O2/c1-3-17-9-12-4-5-15(14(16)8-12)20-11-13-10-18(2)6-7-19-13/h4-5,8,13,17H,3,6-7,9-11H2,1-2H3. The van der Waals surface area contributed by atoms with Crippen LogP contribution in [0.15, 0.2) is 18.2 Å². The van der Waals surface area contributed by atoms with Crippen molar-refractivity contribution in [2.24, 2.45) is 0 Å². The van der Waals surface area contributed by atoms with Gasteiger partial charge in [-0.25, -0.2) is 4.39 Å². The highest BCUT2D eigenvalue weighted by molar-refractivity contribution is 5.29. The van der Waals surface area contributed by atoms with Crippen LogP contribution in [0.3, 0.4) is 0 Å². The van der Waals surface area contributed by atoms with Crippen molar-refractivity contribution < 1.29 is 13.9 Å². The first-order valence-corrected chi connectivity index (χ1v) is 7.11. The van der Waals surface area contributed by atoms with Crippen molar-refractivity contribution in [3.8, 4) is 5.75 Å². The predicted octanol–water partition coefficient (Wildman–Crippen LogP) is 1.64. The maximum atomic E-state index is 13.9. The predicted molar refractivity (Wildman–Crippen MR) is 76.5 cm³/mol. The lowest BCUT2D eigenvalue weighted by Gasteiger charge is -2.29. The fourth-order valence-electron chi connectivity index (χ4n) is 2.19. The molecule has 2 rings (SSSR count). The number of nitrogens with zero attached hydrogens (tertiary/aromatic N) is 1. The molecule has 5 heteroatoms. The second-order valence-electron chi connectivity index (χ2n) is 5.11. The van der Waals surface area contributed by atoms with Crippen LogP contribution in [0.25, 0.3) is 0 Å². The van der Waals surface area contributed by atoms with Crippen molar-refractivity contribution in [2.75, 3.05) is 39.9 Å². The first-order valence-electron chi connectivity index (χ1n) is 7.11. The Kier molecular flexibility index (Phi) is 5.76. The Morgan fingerprint density at radius 3 is 3.05 bits per heavy atom. The first kappa shape index (κ1) is 15.2. The molecule has 1 unspecified atom stereocenters. The summed E-state index contributed by atoms with van der Waals surface area (Å²) in [5, 5.41) is 3.17. The largest absolute Gasteiger partial charge is 0.488 e. The molecule has 1 atom stereocenters. The maximum absolute atomic E-state index is 13.9. The van der Waals surface area contributed by atoms with Crippen LogP contribution < -0.4 is 10.1 Å². The van der Waals surface area contributed by atoms with Crippen LogP contribution in [0.1, 0.15) is 12.5 Å². The molecule has 1 fully saturated rings. The third-order valence-corrected chi connectivity index (χ3v) is 3.34. The quantitative estimate of drug-likeness (QED) is 0.860. The van der Waals surface area contributed by atoms with Gasteiger partial charge in [-0.3, -0.25) is 0 Å². The van der Waals surface area contributed by atoms with E-state index in [1.165, 1.54) is 6.07 Å². The highest BCUT2D eigenvalue weighted by atomic mass is 19.1. The van der Waals surface area contributed by atoms with Gasteiger partial charge in [0, 0.05) is 19.6 Å². The van der Waals surface area contributed by atoms with Crippen LogP contribution >= 0.6 is 0 Å². The number of halogens is 1. The fourth-order valence-corrected chi connectivity index (χ4v) is 2.19. The Morgan fingerprint density at radius 2 is 2.35 bits per heavy atom. The van der Waals surface area contributed by atoms with E-state index in [1.54, 1.807) is 6.07 Å². The summed E-state index contributed by atoms with van der Waals surface area (Å²) in [6.45, 7) is 6.40. The molecule has 1 aromatic carbocycles. The average Bonchev–Trinajstić information content (AvgIpc) is 2.44. The van der Waals surface area contributed by atoms with Crippen molar-refractivity contribution in [1.29, 1.82) is 0 Å². The summed E-state index contributed by atoms with van der Waals surface area (Å²) in [7, 11) is 2.05. The molecule has 1 aromatic rings. The van der Waals surface area contributed by atoms with Gasteiger partial charge < -0.3 is 19.7 Å². The number of likely N-dealkylation sites (N-methyl/N-ethyl adjacent to an activating group) is 1. The van der Waals surface area contributed by atoms with Gasteiger partial charge in [-0.1, -0.05) is 13.0 Å². The third-order valence-electron chi connectivity index (χ3n) is 3.34. The zero-order valence-corrected chi connectivity index (χ0v) is 12.2. The number of hydrogen-bond donors (Lipinski definition) is 1. The van der Waals surface area contributed by atoms with Gasteiger partial charge in [0.1, 0.15) is 12.7 Å². The summed E-state index contributed by atoms with van der Waals surface area (Å²) < 4.78 is 25.0. The Labute approximate surface area is 119 Å². The number of ether oxygens (including phenoxy) is 2. The molecule has 0 aliphatic carbocycles. The molecule has 0 radical (unpaired) electrons. The maximum Gasteiger partial charge on any atom is 0.165 e. The second kappa shape index (κ2) is 7.57. The monoisotopic (exact) mass is 282 g/mol. The van der Waals surface area contributed by atoms with E-state index in [2.05, 4.69) is 10.2 Å². The smallest absolute Gasteiger partial charge is 0.165 e. The van der Waals surface area contributed by atoms with Gasteiger partial charge in [-0.15, -0.1) is 0 Å². The van der Waals surface area contributed by atoms with E-state index in [0.717, 1.165) is 25.2 Å². The number of benzene rings is 1. The molecule has 0 aromatic heterocycles. The van der Waals surface area contributed by atoms with E-state index in [4.69, 9.17) is 9.47 Å². The van der Waals surface area contributed by atoms with Crippen LogP contribution in [0.4, 0.5) is 4.39 Å². The van der Waals surface area contributed by atoms with Gasteiger partial charge in [-0.05, 0) is 31.3 Å². The van der Waals surface area contributed by atoms with Gasteiger partial charge in [0.2, 0.25) is 0 Å². The summed E-state index contributed by atoms with van der Waals surface area (Å²) in [5.41, 5.74) is 0.922. The van der Waals surface area contributed by atoms with Crippen LogP contribution in [-0.4, -0.2) is 50.9 Å². The van der Waals surface area contributed by atoms with Gasteiger partial charge in [0.15, 0.2) is 11.6 Å². The van der Waals surface area contributed by atoms with E-state index in [0.29, 0.717) is 25.5 Å². The zero-order chi connectivity index (χ0) is 14.4. The molecule has 1 heterocycles. The Bertz CT molecular complexity index is 428. The van der Waals surface area contributed by atoms with Crippen molar-refractivity contribution in [3.63, 3.8) is 0 Å². The van der Waals surface area contributed by atoms with Crippen LogP contribution in [-0.2, 0) is 11.3 Å². The van der Waals surface area contributed by atoms with Crippen LogP contribution in [0.5, 0.6) is 5.75 Å². The van der Waals surface area contributed by atoms with Crippen molar-refractivity contribution in [3.05, 3.63) is 29.6 Å². The average molecular weight is 282 g/mol. The summed E-state index contributed by atoms with van der Waals surface area (Å²) >= 11 is 0. The van der Waals surface area contributed by atoms with E-state index >= 15 is 0 Å².